The van der Waals surface area contributed by atoms with E-state index in [0.29, 0.717) is 39.9 Å². The first-order valence-electron chi connectivity index (χ1n) is 9.76. The van der Waals surface area contributed by atoms with E-state index in [1.54, 1.807) is 24.3 Å². The van der Waals surface area contributed by atoms with Gasteiger partial charge >= 0.3 is 0 Å². The summed E-state index contributed by atoms with van der Waals surface area (Å²) in [5, 5.41) is 4.78. The molecule has 1 aliphatic rings. The number of hydrogen-bond donors (Lipinski definition) is 1. The zero-order chi connectivity index (χ0) is 23.3. The lowest BCUT2D eigenvalue weighted by Crippen LogP contribution is -2.42. The van der Waals surface area contributed by atoms with Crippen LogP contribution in [-0.2, 0) is 14.8 Å². The monoisotopic (exact) mass is 499 g/mol. The molecule has 1 N–H and O–H groups in total. The zero-order valence-corrected chi connectivity index (χ0v) is 19.9. The molecule has 0 bridgehead atoms. The van der Waals surface area contributed by atoms with Gasteiger partial charge in [0.2, 0.25) is 15.9 Å². The molecule has 1 heterocycles. The molecule has 0 saturated carbocycles. The topological polar surface area (TPSA) is 97.3 Å². The number of sulfonamides is 1. The molecule has 0 unspecified atom stereocenters. The Morgan fingerprint density at radius 3 is 2.38 bits per heavy atom. The number of carbonyl (C=O) groups is 1. The number of methoxy groups -OCH3 is 2. The van der Waals surface area contributed by atoms with Gasteiger partial charge in [-0.2, -0.15) is 9.41 Å². The van der Waals surface area contributed by atoms with E-state index in [9.17, 15) is 13.2 Å². The Kier molecular flexibility index (Phi) is 8.00. The maximum Gasteiger partial charge on any atom is 0.243 e. The van der Waals surface area contributed by atoms with Crippen molar-refractivity contribution in [1.82, 2.24) is 9.73 Å². The lowest BCUT2D eigenvalue weighted by atomic mass is 9.98. The summed E-state index contributed by atoms with van der Waals surface area (Å²) in [6, 6.07) is 9.47. The molecule has 1 aliphatic heterocycles. The Morgan fingerprint density at radius 2 is 1.75 bits per heavy atom. The van der Waals surface area contributed by atoms with Gasteiger partial charge in [0, 0.05) is 25.1 Å². The van der Waals surface area contributed by atoms with E-state index in [4.69, 9.17) is 32.7 Å². The molecule has 1 saturated heterocycles. The minimum atomic E-state index is -3.72. The van der Waals surface area contributed by atoms with Crippen molar-refractivity contribution in [3.8, 4) is 11.5 Å². The van der Waals surface area contributed by atoms with Gasteiger partial charge < -0.3 is 9.47 Å². The van der Waals surface area contributed by atoms with Crippen LogP contribution in [0.25, 0.3) is 0 Å². The van der Waals surface area contributed by atoms with Gasteiger partial charge in [-0.3, -0.25) is 4.79 Å². The number of hydrogen-bond acceptors (Lipinski definition) is 6. The molecule has 2 aromatic rings. The predicted molar refractivity (Wildman–Crippen MR) is 123 cm³/mol. The number of carbonyl (C=O) groups excluding carboxylic acids is 1. The van der Waals surface area contributed by atoms with Crippen LogP contribution < -0.4 is 14.9 Å². The molecule has 0 atom stereocenters. The molecule has 2 aromatic carbocycles. The highest BCUT2D eigenvalue weighted by Crippen LogP contribution is 2.32. The van der Waals surface area contributed by atoms with E-state index >= 15 is 0 Å². The van der Waals surface area contributed by atoms with Crippen LogP contribution in [0.4, 0.5) is 0 Å². The van der Waals surface area contributed by atoms with E-state index in [1.807, 2.05) is 0 Å². The minimum Gasteiger partial charge on any atom is -0.493 e. The molecule has 1 amide bonds. The Labute approximate surface area is 197 Å². The van der Waals surface area contributed by atoms with E-state index in [1.165, 1.54) is 36.9 Å². The molecule has 11 heteroatoms. The largest absolute Gasteiger partial charge is 0.493 e. The van der Waals surface area contributed by atoms with Crippen molar-refractivity contribution in [1.29, 1.82) is 0 Å². The fourth-order valence-corrected chi connectivity index (χ4v) is 5.13. The highest BCUT2D eigenvalue weighted by molar-refractivity contribution is 7.89. The van der Waals surface area contributed by atoms with Gasteiger partial charge in [0.25, 0.3) is 0 Å². The van der Waals surface area contributed by atoms with Crippen molar-refractivity contribution in [2.24, 2.45) is 11.0 Å². The predicted octanol–water partition coefficient (Wildman–Crippen LogP) is 3.56. The summed E-state index contributed by atoms with van der Waals surface area (Å²) >= 11 is 11.8. The molecule has 3 rings (SSSR count). The fraction of sp³-hybridized carbons (Fsp3) is 0.333. The highest BCUT2D eigenvalue weighted by atomic mass is 35.5. The molecule has 0 aromatic heterocycles. The minimum absolute atomic E-state index is 0.115. The van der Waals surface area contributed by atoms with Crippen LogP contribution in [0.2, 0.25) is 10.0 Å². The van der Waals surface area contributed by atoms with Gasteiger partial charge in [-0.1, -0.05) is 29.3 Å². The highest BCUT2D eigenvalue weighted by Gasteiger charge is 2.32. The third-order valence-corrected chi connectivity index (χ3v) is 7.78. The quantitative estimate of drug-likeness (QED) is 0.463. The summed E-state index contributed by atoms with van der Waals surface area (Å²) in [5.41, 5.74) is 3.19. The van der Waals surface area contributed by atoms with Gasteiger partial charge in [0.05, 0.1) is 35.4 Å². The van der Waals surface area contributed by atoms with Crippen molar-refractivity contribution >= 4 is 45.3 Å². The van der Waals surface area contributed by atoms with Crippen LogP contribution in [0.15, 0.2) is 46.4 Å². The maximum absolute atomic E-state index is 13.0. The fourth-order valence-electron chi connectivity index (χ4n) is 3.34. The molecular weight excluding hydrogens is 477 g/mol. The SMILES string of the molecule is COc1ccc(S(=O)(=O)N2CCC(C(=O)N/N=C\c3ccc(Cl)c(Cl)c3)CC2)cc1OC. The second-order valence-corrected chi connectivity index (χ2v) is 9.86. The number of amides is 1. The number of rotatable bonds is 7. The lowest BCUT2D eigenvalue weighted by molar-refractivity contribution is -0.126. The zero-order valence-electron chi connectivity index (χ0n) is 17.5. The molecule has 32 heavy (non-hydrogen) atoms. The molecular formula is C21H23Cl2N3O5S. The third kappa shape index (κ3) is 5.53. The second kappa shape index (κ2) is 10.5. The molecule has 8 nitrogen and oxygen atoms in total. The number of piperidine rings is 1. The summed E-state index contributed by atoms with van der Waals surface area (Å²) < 4.78 is 37.7. The van der Waals surface area contributed by atoms with Crippen LogP contribution >= 0.6 is 23.2 Å². The Bertz CT molecular complexity index is 1120. The van der Waals surface area contributed by atoms with Gasteiger partial charge in [-0.25, -0.2) is 13.8 Å². The smallest absolute Gasteiger partial charge is 0.243 e. The number of hydrazone groups is 1. The first kappa shape index (κ1) is 24.3. The van der Waals surface area contributed by atoms with Crippen molar-refractivity contribution < 1.29 is 22.7 Å². The Hall–Kier alpha value is -2.33. The maximum atomic E-state index is 13.0. The number of nitrogens with one attached hydrogen (secondary N) is 1. The summed E-state index contributed by atoms with van der Waals surface area (Å²) in [7, 11) is -0.787. The molecule has 1 fully saturated rings. The van der Waals surface area contributed by atoms with Crippen molar-refractivity contribution in [2.75, 3.05) is 27.3 Å². The third-order valence-electron chi connectivity index (χ3n) is 5.15. The lowest BCUT2D eigenvalue weighted by Gasteiger charge is -2.30. The summed E-state index contributed by atoms with van der Waals surface area (Å²) in [5.74, 6) is 0.188. The van der Waals surface area contributed by atoms with Crippen LogP contribution in [0.5, 0.6) is 11.5 Å². The van der Waals surface area contributed by atoms with Crippen molar-refractivity contribution in [2.45, 2.75) is 17.7 Å². The average molecular weight is 500 g/mol. The molecule has 0 aliphatic carbocycles. The van der Waals surface area contributed by atoms with Crippen LogP contribution in [0.3, 0.4) is 0 Å². The molecule has 0 spiro atoms. The van der Waals surface area contributed by atoms with E-state index < -0.39 is 10.0 Å². The summed E-state index contributed by atoms with van der Waals surface area (Å²) in [6.45, 7) is 0.455. The molecule has 172 valence electrons. The first-order chi connectivity index (χ1) is 15.3. The number of benzene rings is 2. The number of nitrogens with zero attached hydrogens (tertiary/aromatic N) is 2. The van der Waals surface area contributed by atoms with E-state index in [2.05, 4.69) is 10.5 Å². The number of ether oxygens (including phenoxy) is 2. The molecule has 0 radical (unpaired) electrons. The van der Waals surface area contributed by atoms with E-state index in [0.717, 1.165) is 0 Å². The Morgan fingerprint density at radius 1 is 1.06 bits per heavy atom. The first-order valence-corrected chi connectivity index (χ1v) is 12.0. The number of halogens is 2. The van der Waals surface area contributed by atoms with Crippen molar-refractivity contribution in [3.63, 3.8) is 0 Å². The van der Waals surface area contributed by atoms with Gasteiger partial charge in [0.1, 0.15) is 0 Å². The van der Waals surface area contributed by atoms with Gasteiger partial charge in [0.15, 0.2) is 11.5 Å². The van der Waals surface area contributed by atoms with Crippen LogP contribution in [0.1, 0.15) is 18.4 Å². The average Bonchev–Trinajstić information content (AvgIpc) is 2.80. The normalized spacial score (nSPS) is 15.6. The second-order valence-electron chi connectivity index (χ2n) is 7.10. The van der Waals surface area contributed by atoms with Crippen LogP contribution in [0, 0.1) is 5.92 Å². The van der Waals surface area contributed by atoms with E-state index in [-0.39, 0.29) is 29.8 Å². The van der Waals surface area contributed by atoms with Crippen molar-refractivity contribution in [3.05, 3.63) is 52.0 Å². The standard InChI is InChI=1S/C21H23Cl2N3O5S/c1-30-19-6-4-16(12-20(19)31-2)32(28,29)26-9-7-15(8-10-26)21(27)25-24-13-14-3-5-17(22)18(23)11-14/h3-6,11-13,15H,7-10H2,1-2H3,(H,25,27)/b24-13-. The van der Waals surface area contributed by atoms with Gasteiger partial charge in [-0.15, -0.1) is 0 Å². The Balaban J connectivity index is 1.58. The van der Waals surface area contributed by atoms with Crippen LogP contribution in [-0.4, -0.2) is 52.2 Å². The van der Waals surface area contributed by atoms with Gasteiger partial charge in [-0.05, 0) is 42.7 Å². The summed E-state index contributed by atoms with van der Waals surface area (Å²) in [6.07, 6.45) is 2.25. The summed E-state index contributed by atoms with van der Waals surface area (Å²) in [4.78, 5) is 12.5.